The van der Waals surface area contributed by atoms with E-state index in [1.165, 1.54) is 11.3 Å². The lowest BCUT2D eigenvalue weighted by molar-refractivity contribution is 0.0977. The normalized spacial score (nSPS) is 15.8. The molecule has 0 amide bonds. The Labute approximate surface area is 146 Å². The molecule has 1 aliphatic carbocycles. The highest BCUT2D eigenvalue weighted by atomic mass is 32.1. The molecule has 0 bridgehead atoms. The van der Waals surface area contributed by atoms with E-state index in [2.05, 4.69) is 4.98 Å². The highest BCUT2D eigenvalue weighted by Gasteiger charge is 2.30. The van der Waals surface area contributed by atoms with Gasteiger partial charge in [-0.2, -0.15) is 0 Å². The number of ketones is 1. The number of carbonyl (C=O) groups is 1. The summed E-state index contributed by atoms with van der Waals surface area (Å²) < 4.78 is 11.4. The molecule has 0 atom stereocenters. The quantitative estimate of drug-likeness (QED) is 0.698. The van der Waals surface area contributed by atoms with Crippen molar-refractivity contribution in [3.05, 3.63) is 52.8 Å². The highest BCUT2D eigenvalue weighted by Crippen LogP contribution is 2.40. The predicted octanol–water partition coefficient (Wildman–Crippen LogP) is 3.32. The fourth-order valence-corrected chi connectivity index (χ4v) is 4.20. The second-order valence-electron chi connectivity index (χ2n) is 5.90. The summed E-state index contributed by atoms with van der Waals surface area (Å²) in [5, 5.41) is 11.0. The molecule has 6 nitrogen and oxygen atoms in total. The van der Waals surface area contributed by atoms with Crippen LogP contribution in [0.4, 0.5) is 5.13 Å². The number of hydrogen-bond acceptors (Lipinski definition) is 7. The van der Waals surface area contributed by atoms with Crippen LogP contribution >= 0.6 is 11.3 Å². The van der Waals surface area contributed by atoms with Crippen LogP contribution in [0.1, 0.15) is 21.5 Å². The van der Waals surface area contributed by atoms with Gasteiger partial charge in [0, 0.05) is 17.6 Å². The van der Waals surface area contributed by atoms with Gasteiger partial charge in [-0.3, -0.25) is 4.79 Å². The van der Waals surface area contributed by atoms with Crippen molar-refractivity contribution in [3.8, 4) is 11.5 Å². The van der Waals surface area contributed by atoms with Crippen molar-refractivity contribution in [1.29, 1.82) is 0 Å². The minimum Gasteiger partial charge on any atom is -0.504 e. The molecule has 0 saturated carbocycles. The van der Waals surface area contributed by atoms with E-state index >= 15 is 0 Å². The van der Waals surface area contributed by atoms with Crippen LogP contribution in [0.3, 0.4) is 0 Å². The number of aromatic nitrogens is 1. The second-order valence-corrected chi connectivity index (χ2v) is 6.93. The van der Waals surface area contributed by atoms with E-state index < -0.39 is 5.78 Å². The molecule has 0 radical (unpaired) electrons. The number of thiazole rings is 1. The van der Waals surface area contributed by atoms with Crippen LogP contribution in [0, 0.1) is 0 Å². The number of nitrogens with two attached hydrogens (primary N) is 1. The molecule has 1 aromatic heterocycles. The first-order valence-electron chi connectivity index (χ1n) is 7.66. The van der Waals surface area contributed by atoms with E-state index in [9.17, 15) is 9.90 Å². The lowest BCUT2D eigenvalue weighted by Gasteiger charge is -2.19. The van der Waals surface area contributed by atoms with Crippen molar-refractivity contribution in [2.24, 2.45) is 0 Å². The number of benzene rings is 2. The molecule has 3 aromatic rings. The largest absolute Gasteiger partial charge is 0.504 e. The minimum atomic E-state index is -0.400. The number of ether oxygens (including phenoxy) is 2. The molecule has 0 unspecified atom stereocenters. The van der Waals surface area contributed by atoms with Crippen LogP contribution in [0.25, 0.3) is 15.8 Å². The summed E-state index contributed by atoms with van der Waals surface area (Å²) in [5.41, 5.74) is 9.11. The zero-order valence-corrected chi connectivity index (χ0v) is 13.7. The van der Waals surface area contributed by atoms with Gasteiger partial charge < -0.3 is 20.3 Å². The molecular weight excluding hydrogens is 340 g/mol. The van der Waals surface area contributed by atoms with E-state index in [0.29, 0.717) is 39.7 Å². The Morgan fingerprint density at radius 2 is 2.00 bits per heavy atom. The third kappa shape index (κ3) is 2.02. The van der Waals surface area contributed by atoms with Crippen molar-refractivity contribution in [2.75, 3.05) is 12.5 Å². The number of fused-ring (bicyclic) bond motifs is 4. The van der Waals surface area contributed by atoms with Crippen LogP contribution in [-0.4, -0.2) is 22.7 Å². The van der Waals surface area contributed by atoms with E-state index in [1.54, 1.807) is 12.1 Å². The lowest BCUT2D eigenvalue weighted by Crippen LogP contribution is -2.16. The SMILES string of the molecule is Nc1nc2ccc3c(c2s1)C(=O)C(O)=C(c1ccc2c(c1)OCO2)C3. The van der Waals surface area contributed by atoms with Crippen LogP contribution in [0.2, 0.25) is 0 Å². The first kappa shape index (κ1) is 14.3. The Kier molecular flexibility index (Phi) is 2.84. The van der Waals surface area contributed by atoms with Gasteiger partial charge in [-0.05, 0) is 29.3 Å². The summed E-state index contributed by atoms with van der Waals surface area (Å²) in [4.78, 5) is 17.0. The first-order chi connectivity index (χ1) is 12.1. The first-order valence-corrected chi connectivity index (χ1v) is 8.48. The van der Waals surface area contributed by atoms with Gasteiger partial charge in [0.2, 0.25) is 12.6 Å². The van der Waals surface area contributed by atoms with E-state index in [-0.39, 0.29) is 12.6 Å². The summed E-state index contributed by atoms with van der Waals surface area (Å²) in [7, 11) is 0. The molecule has 7 heteroatoms. The van der Waals surface area contributed by atoms with E-state index in [1.807, 2.05) is 18.2 Å². The fraction of sp³-hybridized carbons (Fsp3) is 0.111. The van der Waals surface area contributed by atoms with Crippen molar-refractivity contribution < 1.29 is 19.4 Å². The summed E-state index contributed by atoms with van der Waals surface area (Å²) in [6.07, 6.45) is 0.445. The average Bonchev–Trinajstić information content (AvgIpc) is 3.22. The maximum absolute atomic E-state index is 12.8. The van der Waals surface area contributed by atoms with Gasteiger partial charge in [0.1, 0.15) is 0 Å². The molecule has 2 aliphatic rings. The van der Waals surface area contributed by atoms with Gasteiger partial charge in [0.15, 0.2) is 22.4 Å². The van der Waals surface area contributed by atoms with E-state index in [0.717, 1.165) is 15.8 Å². The number of aliphatic hydroxyl groups is 1. The number of anilines is 1. The number of aliphatic hydroxyl groups excluding tert-OH is 1. The van der Waals surface area contributed by atoms with Crippen LogP contribution in [-0.2, 0) is 6.42 Å². The van der Waals surface area contributed by atoms with Crippen LogP contribution in [0.15, 0.2) is 36.1 Å². The highest BCUT2D eigenvalue weighted by molar-refractivity contribution is 7.22. The van der Waals surface area contributed by atoms with E-state index in [4.69, 9.17) is 15.2 Å². The van der Waals surface area contributed by atoms with Gasteiger partial charge in [0.05, 0.1) is 10.2 Å². The standard InChI is InChI=1S/C18H12N2O4S/c19-18-20-11-3-1-9-5-10(15(21)16(22)14(9)17(11)25-18)8-2-4-12-13(6-8)24-7-23-12/h1-4,6,21H,5,7H2,(H2,19,20). The average molecular weight is 352 g/mol. The molecular formula is C18H12N2O4S. The number of nitrogen functional groups attached to an aromatic ring is 1. The van der Waals surface area contributed by atoms with Gasteiger partial charge in [-0.15, -0.1) is 0 Å². The monoisotopic (exact) mass is 352 g/mol. The number of rotatable bonds is 1. The maximum atomic E-state index is 12.8. The van der Waals surface area contributed by atoms with Gasteiger partial charge in [-0.1, -0.05) is 23.5 Å². The summed E-state index contributed by atoms with van der Waals surface area (Å²) in [6.45, 7) is 0.177. The molecule has 25 heavy (non-hydrogen) atoms. The number of hydrogen-bond donors (Lipinski definition) is 2. The van der Waals surface area contributed by atoms with Gasteiger partial charge in [-0.25, -0.2) is 4.98 Å². The molecule has 5 rings (SSSR count). The van der Waals surface area contributed by atoms with Gasteiger partial charge >= 0.3 is 0 Å². The predicted molar refractivity (Wildman–Crippen MR) is 94.2 cm³/mol. The Morgan fingerprint density at radius 3 is 2.88 bits per heavy atom. The minimum absolute atomic E-state index is 0.177. The Bertz CT molecular complexity index is 1100. The topological polar surface area (TPSA) is 94.7 Å². The summed E-state index contributed by atoms with van der Waals surface area (Å²) in [6, 6.07) is 9.11. The fourth-order valence-electron chi connectivity index (χ4n) is 3.30. The summed E-state index contributed by atoms with van der Waals surface area (Å²) in [5.74, 6) is 0.629. The van der Waals surface area contributed by atoms with Crippen molar-refractivity contribution in [1.82, 2.24) is 4.98 Å². The zero-order valence-electron chi connectivity index (χ0n) is 12.9. The smallest absolute Gasteiger partial charge is 0.231 e. The number of nitrogens with zero attached hydrogens (tertiary/aromatic N) is 1. The van der Waals surface area contributed by atoms with Crippen molar-refractivity contribution in [3.63, 3.8) is 0 Å². The third-order valence-electron chi connectivity index (χ3n) is 4.48. The molecule has 124 valence electrons. The van der Waals surface area contributed by atoms with Crippen molar-refractivity contribution in [2.45, 2.75) is 6.42 Å². The molecule has 0 fully saturated rings. The Balaban J connectivity index is 1.66. The maximum Gasteiger partial charge on any atom is 0.231 e. The lowest BCUT2D eigenvalue weighted by atomic mass is 9.86. The molecule has 3 N–H and O–H groups in total. The summed E-state index contributed by atoms with van der Waals surface area (Å²) >= 11 is 1.26. The number of carbonyl (C=O) groups excluding carboxylic acids is 1. The van der Waals surface area contributed by atoms with Crippen LogP contribution < -0.4 is 15.2 Å². The molecule has 0 spiro atoms. The van der Waals surface area contributed by atoms with Crippen molar-refractivity contribution >= 4 is 38.0 Å². The van der Waals surface area contributed by atoms with Gasteiger partial charge in [0.25, 0.3) is 0 Å². The third-order valence-corrected chi connectivity index (χ3v) is 5.39. The zero-order chi connectivity index (χ0) is 17.1. The Hall–Kier alpha value is -3.06. The Morgan fingerprint density at radius 1 is 1.16 bits per heavy atom. The van der Waals surface area contributed by atoms with Crippen LogP contribution in [0.5, 0.6) is 11.5 Å². The molecule has 2 aromatic carbocycles. The molecule has 1 aliphatic heterocycles. The second kappa shape index (κ2) is 4.97. The molecule has 2 heterocycles. The molecule has 0 saturated heterocycles. The number of Topliss-reactive ketones (excluding diaryl/α,β-unsaturated/α-hetero) is 1. The number of allylic oxidation sites excluding steroid dienone is 2.